The Balaban J connectivity index is 1.57. The minimum atomic E-state index is 0.970. The van der Waals surface area contributed by atoms with Crippen LogP contribution in [0.25, 0.3) is 87.1 Å². The van der Waals surface area contributed by atoms with E-state index >= 15 is 0 Å². The Morgan fingerprint density at radius 3 is 1.41 bits per heavy atom. The van der Waals surface area contributed by atoms with E-state index in [1.54, 1.807) is 0 Å². The molecular formula is C41H25N3. The third-order valence-corrected chi connectivity index (χ3v) is 9.25. The molecule has 0 radical (unpaired) electrons. The van der Waals surface area contributed by atoms with E-state index in [0.29, 0.717) is 0 Å². The zero-order chi connectivity index (χ0) is 28.8. The van der Waals surface area contributed by atoms with E-state index in [1.807, 2.05) is 0 Å². The fourth-order valence-corrected chi connectivity index (χ4v) is 7.31. The molecule has 0 aliphatic heterocycles. The fraction of sp³-hybridized carbons (Fsp3) is 0. The quantitative estimate of drug-likeness (QED) is 0.181. The van der Waals surface area contributed by atoms with Crippen molar-refractivity contribution in [3.63, 3.8) is 0 Å². The van der Waals surface area contributed by atoms with Gasteiger partial charge >= 0.3 is 0 Å². The zero-order valence-electron chi connectivity index (χ0n) is 23.8. The Hall–Kier alpha value is -5.93. The normalized spacial score (nSPS) is 12.1. The maximum atomic E-state index is 5.24. The predicted molar refractivity (Wildman–Crippen MR) is 186 cm³/mol. The van der Waals surface area contributed by atoms with Gasteiger partial charge in [0.25, 0.3) is 0 Å². The largest absolute Gasteiger partial charge is 0.308 e. The molecule has 5 aromatic heterocycles. The van der Waals surface area contributed by atoms with Crippen LogP contribution in [0.5, 0.6) is 0 Å². The van der Waals surface area contributed by atoms with Gasteiger partial charge in [-0.25, -0.2) is 4.98 Å². The minimum Gasteiger partial charge on any atom is -0.308 e. The van der Waals surface area contributed by atoms with Gasteiger partial charge in [-0.05, 0) is 80.8 Å². The molecule has 3 nitrogen and oxygen atoms in total. The first-order valence-corrected chi connectivity index (χ1v) is 15.1. The number of nitrogens with zero attached hydrogens (tertiary/aromatic N) is 3. The molecular weight excluding hydrogens is 534 g/mol. The molecule has 0 fully saturated rings. The Labute approximate surface area is 252 Å². The van der Waals surface area contributed by atoms with Crippen molar-refractivity contribution in [2.75, 3.05) is 0 Å². The third kappa shape index (κ3) is 3.24. The molecule has 11 rings (SSSR count). The SMILES string of the molecule is c1cc2cc(c1)c1cccc(c1)n1c3ccccc3c3c4c5ccccc5n(c5cccc(c5)c5cccc2c5)c4ncc31. The maximum Gasteiger partial charge on any atom is 0.146 e. The molecule has 11 aromatic rings. The lowest BCUT2D eigenvalue weighted by Gasteiger charge is -2.04. The summed E-state index contributed by atoms with van der Waals surface area (Å²) in [6, 6.07) is 53.0. The summed E-state index contributed by atoms with van der Waals surface area (Å²) < 4.78 is 4.71. The second-order valence-electron chi connectivity index (χ2n) is 11.7. The van der Waals surface area contributed by atoms with Crippen molar-refractivity contribution in [3.05, 3.63) is 152 Å². The molecule has 44 heavy (non-hydrogen) atoms. The van der Waals surface area contributed by atoms with Gasteiger partial charge in [0, 0.05) is 32.6 Å². The number of fused-ring (bicyclic) bond motifs is 3. The van der Waals surface area contributed by atoms with Crippen molar-refractivity contribution in [1.82, 2.24) is 13.8 Å². The number of aromatic nitrogens is 3. The van der Waals surface area contributed by atoms with Crippen LogP contribution in [0.1, 0.15) is 0 Å². The van der Waals surface area contributed by atoms with Gasteiger partial charge in [-0.3, -0.25) is 4.40 Å². The number of pyridine rings is 1. The van der Waals surface area contributed by atoms with Crippen molar-refractivity contribution < 1.29 is 0 Å². The molecule has 0 saturated heterocycles. The van der Waals surface area contributed by atoms with Gasteiger partial charge in [0.15, 0.2) is 0 Å². The minimum absolute atomic E-state index is 0.970. The molecule has 0 aliphatic carbocycles. The van der Waals surface area contributed by atoms with Crippen LogP contribution in [0.2, 0.25) is 0 Å². The van der Waals surface area contributed by atoms with Crippen LogP contribution in [-0.2, 0) is 0 Å². The highest BCUT2D eigenvalue weighted by molar-refractivity contribution is 6.27. The summed E-state index contributed by atoms with van der Waals surface area (Å²) in [7, 11) is 0. The molecule has 3 heteroatoms. The van der Waals surface area contributed by atoms with E-state index in [1.165, 1.54) is 59.4 Å². The number of para-hydroxylation sites is 2. The summed E-state index contributed by atoms with van der Waals surface area (Å²) in [4.78, 5) is 5.24. The first-order chi connectivity index (χ1) is 21.8. The summed E-state index contributed by atoms with van der Waals surface area (Å²) in [6.07, 6.45) is 2.07. The number of hydrogen-bond donors (Lipinski definition) is 0. The van der Waals surface area contributed by atoms with E-state index in [2.05, 4.69) is 161 Å². The van der Waals surface area contributed by atoms with Crippen molar-refractivity contribution in [1.29, 1.82) is 0 Å². The molecule has 204 valence electrons. The van der Waals surface area contributed by atoms with Crippen molar-refractivity contribution in [2.45, 2.75) is 0 Å². The first-order valence-electron chi connectivity index (χ1n) is 15.1. The lowest BCUT2D eigenvalue weighted by atomic mass is 10.1. The predicted octanol–water partition coefficient (Wildman–Crippen LogP) is 10.8. The van der Waals surface area contributed by atoms with Crippen LogP contribution in [0.4, 0.5) is 0 Å². The summed E-state index contributed by atoms with van der Waals surface area (Å²) in [5.74, 6) is 0. The highest BCUT2D eigenvalue weighted by atomic mass is 15.0. The highest BCUT2D eigenvalue weighted by Gasteiger charge is 2.18. The summed E-state index contributed by atoms with van der Waals surface area (Å²) in [5.41, 5.74) is 6.64. The van der Waals surface area contributed by atoms with Gasteiger partial charge in [-0.15, -0.1) is 0 Å². The summed E-state index contributed by atoms with van der Waals surface area (Å²) in [5, 5.41) is 12.0. The smallest absolute Gasteiger partial charge is 0.146 e. The molecule has 6 aromatic carbocycles. The molecule has 0 saturated carbocycles. The molecule has 0 amide bonds. The third-order valence-electron chi connectivity index (χ3n) is 9.25. The van der Waals surface area contributed by atoms with Crippen LogP contribution >= 0.6 is 0 Å². The Kier molecular flexibility index (Phi) is 4.72. The van der Waals surface area contributed by atoms with Gasteiger partial charge in [0.2, 0.25) is 0 Å². The first kappa shape index (κ1) is 23.6. The van der Waals surface area contributed by atoms with Crippen molar-refractivity contribution in [3.8, 4) is 0 Å². The molecule has 5 heterocycles. The average Bonchev–Trinajstić information content (AvgIpc) is 3.61. The summed E-state index contributed by atoms with van der Waals surface area (Å²) in [6.45, 7) is 0. The molecule has 0 spiro atoms. The van der Waals surface area contributed by atoms with Gasteiger partial charge in [0.1, 0.15) is 5.65 Å². The second-order valence-corrected chi connectivity index (χ2v) is 11.7. The lowest BCUT2D eigenvalue weighted by Crippen LogP contribution is -1.89. The Morgan fingerprint density at radius 2 is 0.818 bits per heavy atom. The average molecular weight is 560 g/mol. The van der Waals surface area contributed by atoms with Gasteiger partial charge in [-0.1, -0.05) is 97.1 Å². The monoisotopic (exact) mass is 559 g/mol. The van der Waals surface area contributed by atoms with Crippen molar-refractivity contribution in [2.24, 2.45) is 0 Å². The van der Waals surface area contributed by atoms with Gasteiger partial charge in [0.05, 0.1) is 22.7 Å². The number of hydrogen-bond acceptors (Lipinski definition) is 1. The molecule has 0 atom stereocenters. The number of rotatable bonds is 0. The van der Waals surface area contributed by atoms with Crippen LogP contribution in [0, 0.1) is 0 Å². The standard InChI is InChI=1S/C41H25N3/c1-3-19-36-34(17-1)39-38-25-42-41-40(39)35-18-2-4-20-37(35)44(41)33-16-8-14-31(24-33)29-12-6-10-27(22-29)26-9-5-11-28(21-26)30-13-7-15-32(23-30)43(36)38/h1-25H. The van der Waals surface area contributed by atoms with Gasteiger partial charge < -0.3 is 4.40 Å². The van der Waals surface area contributed by atoms with Crippen LogP contribution in [-0.4, -0.2) is 13.8 Å². The van der Waals surface area contributed by atoms with E-state index < -0.39 is 0 Å². The Morgan fingerprint density at radius 1 is 0.364 bits per heavy atom. The van der Waals surface area contributed by atoms with E-state index in [9.17, 15) is 0 Å². The van der Waals surface area contributed by atoms with Crippen LogP contribution in [0.3, 0.4) is 0 Å². The van der Waals surface area contributed by atoms with Crippen molar-refractivity contribution >= 4 is 87.1 Å². The van der Waals surface area contributed by atoms with Crippen LogP contribution in [0.15, 0.2) is 152 Å². The molecule has 14 bridgehead atoms. The molecule has 0 aliphatic rings. The summed E-state index contributed by atoms with van der Waals surface area (Å²) >= 11 is 0. The zero-order valence-corrected chi connectivity index (χ0v) is 23.8. The van der Waals surface area contributed by atoms with E-state index in [4.69, 9.17) is 4.98 Å². The van der Waals surface area contributed by atoms with E-state index in [0.717, 1.165) is 27.7 Å². The van der Waals surface area contributed by atoms with E-state index in [-0.39, 0.29) is 0 Å². The maximum absolute atomic E-state index is 5.24. The molecule has 0 unspecified atom stereocenters. The second kappa shape index (κ2) is 8.79. The Bertz CT molecular complexity index is 2690. The fourth-order valence-electron chi connectivity index (χ4n) is 7.31. The topological polar surface area (TPSA) is 21.7 Å². The lowest BCUT2D eigenvalue weighted by molar-refractivity contribution is 1.24. The van der Waals surface area contributed by atoms with Gasteiger partial charge in [-0.2, -0.15) is 0 Å². The number of benzene rings is 6. The van der Waals surface area contributed by atoms with Crippen LogP contribution < -0.4 is 0 Å². The molecule has 0 N–H and O–H groups in total. The highest BCUT2D eigenvalue weighted by Crippen LogP contribution is 2.39.